The van der Waals surface area contributed by atoms with Gasteiger partial charge in [0, 0.05) is 18.6 Å². The Morgan fingerprint density at radius 1 is 1.44 bits per heavy atom. The van der Waals surface area contributed by atoms with Crippen LogP contribution in [0, 0.1) is 0 Å². The Kier molecular flexibility index (Phi) is 6.74. The summed E-state index contributed by atoms with van der Waals surface area (Å²) in [6.45, 7) is 11.8. The van der Waals surface area contributed by atoms with E-state index in [4.69, 9.17) is 0 Å². The highest BCUT2D eigenvalue weighted by Gasteiger charge is 2.13. The molecule has 2 heteroatoms. The third-order valence-corrected chi connectivity index (χ3v) is 3.50. The number of nitrogens with zero attached hydrogens (tertiary/aromatic N) is 1. The molecule has 1 rings (SSSR count). The fraction of sp³-hybridized carbons (Fsp3) is 0.857. The van der Waals surface area contributed by atoms with Gasteiger partial charge in [0.15, 0.2) is 0 Å². The fourth-order valence-electron chi connectivity index (χ4n) is 2.44. The summed E-state index contributed by atoms with van der Waals surface area (Å²) in [4.78, 5) is 2.50. The maximum atomic E-state index is 3.83. The molecule has 1 aliphatic rings. The van der Waals surface area contributed by atoms with Gasteiger partial charge in [0.2, 0.25) is 0 Å². The lowest BCUT2D eigenvalue weighted by atomic mass is 10.0. The van der Waals surface area contributed by atoms with Crippen molar-refractivity contribution in [1.82, 2.24) is 10.2 Å². The van der Waals surface area contributed by atoms with Crippen molar-refractivity contribution in [3.63, 3.8) is 0 Å². The van der Waals surface area contributed by atoms with Crippen LogP contribution in [0.3, 0.4) is 0 Å². The molecule has 1 saturated heterocycles. The Hall–Kier alpha value is -0.340. The maximum Gasteiger partial charge on any atom is 0.0163 e. The van der Waals surface area contributed by atoms with Crippen LogP contribution in [-0.4, -0.2) is 36.6 Å². The van der Waals surface area contributed by atoms with E-state index in [9.17, 15) is 0 Å². The first-order valence-electron chi connectivity index (χ1n) is 6.82. The minimum absolute atomic E-state index is 0.636. The molecule has 2 nitrogen and oxygen atoms in total. The van der Waals surface area contributed by atoms with E-state index >= 15 is 0 Å². The van der Waals surface area contributed by atoms with Crippen molar-refractivity contribution in [2.24, 2.45) is 0 Å². The van der Waals surface area contributed by atoms with E-state index in [2.05, 4.69) is 30.6 Å². The molecule has 1 aliphatic heterocycles. The molecule has 0 radical (unpaired) electrons. The largest absolute Gasteiger partial charge is 0.314 e. The number of hydrogen-bond acceptors (Lipinski definition) is 2. The molecule has 0 amide bonds. The zero-order valence-electron chi connectivity index (χ0n) is 11.0. The van der Waals surface area contributed by atoms with Crippen molar-refractivity contribution in [1.29, 1.82) is 0 Å². The zero-order valence-corrected chi connectivity index (χ0v) is 11.0. The second-order valence-electron chi connectivity index (χ2n) is 5.17. The van der Waals surface area contributed by atoms with E-state index < -0.39 is 0 Å². The third kappa shape index (κ3) is 5.13. The highest BCUT2D eigenvalue weighted by molar-refractivity contribution is 4.77. The molecule has 16 heavy (non-hydrogen) atoms. The van der Waals surface area contributed by atoms with Crippen LogP contribution in [0.4, 0.5) is 0 Å². The molecule has 1 N–H and O–H groups in total. The van der Waals surface area contributed by atoms with Crippen LogP contribution in [0.2, 0.25) is 0 Å². The topological polar surface area (TPSA) is 15.3 Å². The predicted octanol–water partition coefficient (Wildman–Crippen LogP) is 2.81. The monoisotopic (exact) mass is 224 g/mol. The summed E-state index contributed by atoms with van der Waals surface area (Å²) >= 11 is 0. The van der Waals surface area contributed by atoms with Crippen LogP contribution in [0.5, 0.6) is 0 Å². The molecular formula is C14H28N2. The van der Waals surface area contributed by atoms with Crippen molar-refractivity contribution < 1.29 is 0 Å². The van der Waals surface area contributed by atoms with E-state index in [0.29, 0.717) is 6.04 Å². The summed E-state index contributed by atoms with van der Waals surface area (Å²) in [5.41, 5.74) is 0. The Morgan fingerprint density at radius 2 is 2.25 bits per heavy atom. The number of nitrogens with one attached hydrogen (secondary N) is 1. The van der Waals surface area contributed by atoms with Gasteiger partial charge in [0.25, 0.3) is 0 Å². The Labute approximate surface area is 101 Å². The molecule has 0 bridgehead atoms. The van der Waals surface area contributed by atoms with E-state index in [1.165, 1.54) is 45.2 Å². The van der Waals surface area contributed by atoms with Gasteiger partial charge in [-0.3, -0.25) is 4.90 Å². The fourth-order valence-corrected chi connectivity index (χ4v) is 2.44. The summed E-state index contributed by atoms with van der Waals surface area (Å²) in [5.74, 6) is 0. The lowest BCUT2D eigenvalue weighted by molar-refractivity contribution is 0.233. The van der Waals surface area contributed by atoms with Crippen molar-refractivity contribution in [2.75, 3.05) is 19.6 Å². The molecule has 1 heterocycles. The summed E-state index contributed by atoms with van der Waals surface area (Å²) in [5, 5.41) is 3.62. The first-order chi connectivity index (χ1) is 7.74. The van der Waals surface area contributed by atoms with Crippen molar-refractivity contribution in [2.45, 2.75) is 58.0 Å². The molecule has 0 aliphatic carbocycles. The van der Waals surface area contributed by atoms with E-state index in [-0.39, 0.29) is 0 Å². The van der Waals surface area contributed by atoms with Crippen LogP contribution in [0.25, 0.3) is 0 Å². The molecule has 0 aromatic rings. The van der Waals surface area contributed by atoms with Gasteiger partial charge >= 0.3 is 0 Å². The van der Waals surface area contributed by atoms with Crippen LogP contribution < -0.4 is 5.32 Å². The van der Waals surface area contributed by atoms with Gasteiger partial charge in [0.1, 0.15) is 0 Å². The van der Waals surface area contributed by atoms with Gasteiger partial charge in [-0.1, -0.05) is 12.5 Å². The molecule has 0 aromatic heterocycles. The van der Waals surface area contributed by atoms with Crippen molar-refractivity contribution in [3.8, 4) is 0 Å². The predicted molar refractivity (Wildman–Crippen MR) is 71.8 cm³/mol. The highest BCUT2D eigenvalue weighted by Crippen LogP contribution is 2.12. The lowest BCUT2D eigenvalue weighted by Gasteiger charge is -2.27. The van der Waals surface area contributed by atoms with Gasteiger partial charge in [-0.2, -0.15) is 0 Å². The van der Waals surface area contributed by atoms with Gasteiger partial charge in [0.05, 0.1) is 0 Å². The van der Waals surface area contributed by atoms with Crippen LogP contribution >= 0.6 is 0 Å². The first-order valence-corrected chi connectivity index (χ1v) is 6.82. The molecule has 94 valence electrons. The summed E-state index contributed by atoms with van der Waals surface area (Å²) < 4.78 is 0. The highest BCUT2D eigenvalue weighted by atomic mass is 15.1. The molecule has 1 atom stereocenters. The standard InChI is InChI=1S/C14H28N2/c1-4-11-16(13(2)3)12-7-9-14-8-5-6-10-15-14/h4,13-15H,1,5-12H2,2-3H3. The summed E-state index contributed by atoms with van der Waals surface area (Å²) in [6, 6.07) is 1.42. The van der Waals surface area contributed by atoms with E-state index in [1.54, 1.807) is 0 Å². The number of hydrogen-bond donors (Lipinski definition) is 1. The van der Waals surface area contributed by atoms with Crippen LogP contribution in [-0.2, 0) is 0 Å². The quantitative estimate of drug-likeness (QED) is 0.669. The second kappa shape index (κ2) is 7.86. The minimum atomic E-state index is 0.636. The van der Waals surface area contributed by atoms with Gasteiger partial charge in [-0.25, -0.2) is 0 Å². The summed E-state index contributed by atoms with van der Waals surface area (Å²) in [7, 11) is 0. The first kappa shape index (κ1) is 13.7. The third-order valence-electron chi connectivity index (χ3n) is 3.50. The summed E-state index contributed by atoms with van der Waals surface area (Å²) in [6.07, 6.45) is 8.81. The SMILES string of the molecule is C=CCN(CCCC1CCCCN1)C(C)C. The van der Waals surface area contributed by atoms with E-state index in [1.807, 2.05) is 6.08 Å². The molecule has 0 aromatic carbocycles. The van der Waals surface area contributed by atoms with Gasteiger partial charge < -0.3 is 5.32 Å². The number of piperidine rings is 1. The zero-order chi connectivity index (χ0) is 11.8. The Bertz CT molecular complexity index is 183. The molecule has 1 fully saturated rings. The van der Waals surface area contributed by atoms with Crippen LogP contribution in [0.15, 0.2) is 12.7 Å². The second-order valence-corrected chi connectivity index (χ2v) is 5.17. The van der Waals surface area contributed by atoms with Crippen molar-refractivity contribution in [3.05, 3.63) is 12.7 Å². The lowest BCUT2D eigenvalue weighted by Crippen LogP contribution is -2.36. The minimum Gasteiger partial charge on any atom is -0.314 e. The Morgan fingerprint density at radius 3 is 2.81 bits per heavy atom. The Balaban J connectivity index is 2.13. The normalized spacial score (nSPS) is 21.6. The molecule has 0 saturated carbocycles. The van der Waals surface area contributed by atoms with Gasteiger partial charge in [-0.15, -0.1) is 6.58 Å². The molecular weight excluding hydrogens is 196 g/mol. The van der Waals surface area contributed by atoms with Crippen molar-refractivity contribution >= 4 is 0 Å². The molecule has 0 spiro atoms. The smallest absolute Gasteiger partial charge is 0.0163 e. The maximum absolute atomic E-state index is 3.83. The van der Waals surface area contributed by atoms with E-state index in [0.717, 1.165) is 12.6 Å². The average molecular weight is 224 g/mol. The number of rotatable bonds is 7. The van der Waals surface area contributed by atoms with Gasteiger partial charge in [-0.05, 0) is 52.6 Å². The van der Waals surface area contributed by atoms with Crippen LogP contribution in [0.1, 0.15) is 46.0 Å². The molecule has 1 unspecified atom stereocenters. The average Bonchev–Trinajstić information content (AvgIpc) is 2.29.